The quantitative estimate of drug-likeness (QED) is 0.405. The molecule has 0 aliphatic carbocycles. The van der Waals surface area contributed by atoms with Gasteiger partial charge >= 0.3 is 0 Å². The highest BCUT2D eigenvalue weighted by atomic mass is 32.1. The Balaban J connectivity index is 1.31. The molecular weight excluding hydrogens is 501 g/mol. The van der Waals surface area contributed by atoms with Crippen LogP contribution in [0.1, 0.15) is 50.2 Å². The maximum absolute atomic E-state index is 12.7. The summed E-state index contributed by atoms with van der Waals surface area (Å²) in [5.74, 6) is -0.604. The van der Waals surface area contributed by atoms with Crippen molar-refractivity contribution in [2.24, 2.45) is 5.73 Å². The predicted octanol–water partition coefficient (Wildman–Crippen LogP) is 4.51. The van der Waals surface area contributed by atoms with E-state index >= 15 is 0 Å². The number of primary amides is 1. The van der Waals surface area contributed by atoms with Gasteiger partial charge in [0.2, 0.25) is 0 Å². The minimum absolute atomic E-state index is 0.283. The average Bonchev–Trinajstić information content (AvgIpc) is 3.47. The second-order valence-corrected chi connectivity index (χ2v) is 10.8. The lowest BCUT2D eigenvalue weighted by Gasteiger charge is -2.33. The summed E-state index contributed by atoms with van der Waals surface area (Å²) in [6, 6.07) is 8.17. The number of rotatable bonds is 6. The molecule has 0 bridgehead atoms. The zero-order chi connectivity index (χ0) is 25.1. The number of amides is 2. The summed E-state index contributed by atoms with van der Waals surface area (Å²) in [6.07, 6.45) is 1.82. The molecule has 3 aromatic rings. The molecule has 0 atom stereocenters. The Hall–Kier alpha value is -3.02. The molecule has 4 N–H and O–H groups in total. The Labute approximate surface area is 218 Å². The first-order chi connectivity index (χ1) is 16.7. The van der Waals surface area contributed by atoms with E-state index < -0.39 is 5.91 Å². The van der Waals surface area contributed by atoms with Gasteiger partial charge in [0.1, 0.15) is 10.7 Å². The third-order valence-electron chi connectivity index (χ3n) is 5.97. The summed E-state index contributed by atoms with van der Waals surface area (Å²) in [5, 5.41) is 11.8. The Morgan fingerprint density at radius 1 is 1.11 bits per heavy atom. The van der Waals surface area contributed by atoms with Crippen LogP contribution in [0.2, 0.25) is 0 Å². The van der Waals surface area contributed by atoms with Crippen molar-refractivity contribution in [2.75, 3.05) is 42.7 Å². The second-order valence-electron chi connectivity index (χ2n) is 8.64. The Morgan fingerprint density at radius 2 is 1.80 bits per heavy atom. The molecule has 184 valence electrons. The molecule has 8 nitrogen and oxygen atoms in total. The number of aryl methyl sites for hydroxylation is 1. The van der Waals surface area contributed by atoms with Gasteiger partial charge in [-0.15, -0.1) is 22.7 Å². The lowest BCUT2D eigenvalue weighted by molar-refractivity contribution is 0.100. The summed E-state index contributed by atoms with van der Waals surface area (Å²) in [7, 11) is 4.03. The van der Waals surface area contributed by atoms with Gasteiger partial charge in [0.25, 0.3) is 11.8 Å². The average molecular weight is 529 g/mol. The van der Waals surface area contributed by atoms with Crippen LogP contribution in [0.4, 0.5) is 16.4 Å². The summed E-state index contributed by atoms with van der Waals surface area (Å²) in [5.41, 5.74) is 9.02. The predicted molar refractivity (Wildman–Crippen MR) is 148 cm³/mol. The van der Waals surface area contributed by atoms with Crippen LogP contribution in [0.25, 0.3) is 0 Å². The van der Waals surface area contributed by atoms with E-state index in [0.717, 1.165) is 53.0 Å². The molecule has 0 spiro atoms. The second kappa shape index (κ2) is 10.7. The van der Waals surface area contributed by atoms with Crippen molar-refractivity contribution in [3.63, 3.8) is 0 Å². The van der Waals surface area contributed by atoms with Crippen LogP contribution in [-0.4, -0.2) is 54.0 Å². The Kier molecular flexibility index (Phi) is 7.68. The van der Waals surface area contributed by atoms with E-state index in [2.05, 4.69) is 37.6 Å². The van der Waals surface area contributed by atoms with E-state index in [1.807, 2.05) is 26.2 Å². The highest BCUT2D eigenvalue weighted by molar-refractivity contribution is 7.80. The van der Waals surface area contributed by atoms with E-state index in [1.165, 1.54) is 22.7 Å². The van der Waals surface area contributed by atoms with E-state index in [-0.39, 0.29) is 11.8 Å². The van der Waals surface area contributed by atoms with Gasteiger partial charge in [-0.25, -0.2) is 4.98 Å². The van der Waals surface area contributed by atoms with Crippen LogP contribution >= 0.6 is 34.9 Å². The van der Waals surface area contributed by atoms with Gasteiger partial charge in [-0.3, -0.25) is 9.59 Å². The Bertz CT molecular complexity index is 1230. The normalized spacial score (nSPS) is 14.0. The van der Waals surface area contributed by atoms with E-state index in [1.54, 1.807) is 17.7 Å². The lowest BCUT2D eigenvalue weighted by atomic mass is 9.98. The summed E-state index contributed by atoms with van der Waals surface area (Å²) < 4.78 is 0. The van der Waals surface area contributed by atoms with E-state index in [9.17, 15) is 9.59 Å². The maximum atomic E-state index is 12.7. The van der Waals surface area contributed by atoms with Crippen molar-refractivity contribution in [1.29, 1.82) is 0 Å². The van der Waals surface area contributed by atoms with Crippen molar-refractivity contribution < 1.29 is 9.59 Å². The molecule has 4 rings (SSSR count). The summed E-state index contributed by atoms with van der Waals surface area (Å²) >= 11 is 8.41. The highest BCUT2D eigenvalue weighted by Gasteiger charge is 2.26. The molecule has 35 heavy (non-hydrogen) atoms. The van der Waals surface area contributed by atoms with Crippen molar-refractivity contribution in [1.82, 2.24) is 9.88 Å². The number of nitrogens with two attached hydrogens (primary N) is 1. The number of benzene rings is 1. The molecule has 2 amide bonds. The third-order valence-corrected chi connectivity index (χ3v) is 8.35. The molecule has 0 radical (unpaired) electrons. The van der Waals surface area contributed by atoms with Crippen LogP contribution in [0, 0.1) is 6.92 Å². The number of carbonyl (C=O) groups excluding carboxylic acids is 2. The van der Waals surface area contributed by atoms with Crippen LogP contribution in [0.15, 0.2) is 35.0 Å². The molecule has 0 unspecified atom stereocenters. The van der Waals surface area contributed by atoms with Crippen LogP contribution in [-0.2, 0) is 0 Å². The number of aromatic nitrogens is 1. The fraction of sp³-hybridized carbons (Fsp3) is 0.333. The van der Waals surface area contributed by atoms with Crippen LogP contribution in [0.3, 0.4) is 0 Å². The molecular formula is C24H28N6O2S3. The van der Waals surface area contributed by atoms with Gasteiger partial charge in [-0.2, -0.15) is 0 Å². The van der Waals surface area contributed by atoms with Crippen LogP contribution < -0.4 is 21.3 Å². The molecule has 2 aromatic heterocycles. The lowest BCUT2D eigenvalue weighted by Crippen LogP contribution is -2.40. The van der Waals surface area contributed by atoms with E-state index in [0.29, 0.717) is 16.3 Å². The molecule has 1 fully saturated rings. The number of nitrogens with one attached hydrogen (secondary N) is 2. The molecule has 1 saturated heterocycles. The number of piperidine rings is 1. The smallest absolute Gasteiger partial charge is 0.275 e. The highest BCUT2D eigenvalue weighted by Crippen LogP contribution is 2.32. The monoisotopic (exact) mass is 528 g/mol. The number of thiazole rings is 1. The molecule has 1 aliphatic rings. The number of thiocarbonyl (C=S) groups is 1. The minimum atomic E-state index is -0.553. The van der Waals surface area contributed by atoms with Crippen molar-refractivity contribution >= 4 is 68.2 Å². The van der Waals surface area contributed by atoms with Crippen molar-refractivity contribution in [3.8, 4) is 0 Å². The van der Waals surface area contributed by atoms with Gasteiger partial charge < -0.3 is 26.2 Å². The maximum Gasteiger partial charge on any atom is 0.275 e. The number of carbonyl (C=O) groups is 2. The number of hydrogen-bond acceptors (Lipinski definition) is 7. The van der Waals surface area contributed by atoms with Gasteiger partial charge in [-0.1, -0.05) is 0 Å². The number of thiophene rings is 1. The Morgan fingerprint density at radius 3 is 2.43 bits per heavy atom. The first kappa shape index (κ1) is 25.1. The third kappa shape index (κ3) is 5.80. The van der Waals surface area contributed by atoms with Gasteiger partial charge in [-0.05, 0) is 67.2 Å². The molecule has 11 heteroatoms. The first-order valence-electron chi connectivity index (χ1n) is 11.2. The summed E-state index contributed by atoms with van der Waals surface area (Å²) in [4.78, 5) is 33.2. The largest absolute Gasteiger partial charge is 0.378 e. The fourth-order valence-corrected chi connectivity index (χ4v) is 6.18. The standard InChI is InChI=1S/C24H28N6O2S3/c1-14-12-34-23(19(14)20(25)31)28-21(32)18-13-35-22(27-18)15-8-10-30(11-9-15)24(33)26-16-4-6-17(7-5-16)29(2)3/h4-7,12-13,15H,8-11H2,1-3H3,(H2,25,31)(H,26,33)(H,28,32). The van der Waals surface area contributed by atoms with Gasteiger partial charge in [0.15, 0.2) is 5.11 Å². The molecule has 3 heterocycles. The minimum Gasteiger partial charge on any atom is -0.378 e. The zero-order valence-electron chi connectivity index (χ0n) is 19.8. The molecule has 1 aromatic carbocycles. The van der Waals surface area contributed by atoms with Crippen molar-refractivity contribution in [3.05, 3.63) is 56.9 Å². The summed E-state index contributed by atoms with van der Waals surface area (Å²) in [6.45, 7) is 3.44. The number of anilines is 3. The van der Waals surface area contributed by atoms with Gasteiger partial charge in [0.05, 0.1) is 10.6 Å². The number of hydrogen-bond donors (Lipinski definition) is 3. The molecule has 1 aliphatic heterocycles. The zero-order valence-corrected chi connectivity index (χ0v) is 22.3. The molecule has 0 saturated carbocycles. The van der Waals surface area contributed by atoms with Gasteiger partial charge in [0, 0.05) is 49.9 Å². The first-order valence-corrected chi connectivity index (χ1v) is 13.4. The number of nitrogens with zero attached hydrogens (tertiary/aromatic N) is 3. The fourth-order valence-electron chi connectivity index (χ4n) is 3.96. The van der Waals surface area contributed by atoms with Crippen molar-refractivity contribution in [2.45, 2.75) is 25.7 Å². The number of likely N-dealkylation sites (tertiary alicyclic amines) is 1. The SMILES string of the molecule is Cc1csc(NC(=O)c2csc(C3CCN(C(=S)Nc4ccc(N(C)C)cc4)CC3)n2)c1C(N)=O. The topological polar surface area (TPSA) is 104 Å². The van der Waals surface area contributed by atoms with E-state index in [4.69, 9.17) is 18.0 Å². The van der Waals surface area contributed by atoms with Crippen LogP contribution in [0.5, 0.6) is 0 Å².